The SMILES string of the molecule is CC(C)(C)OC(=O)CN1CCN(CC(=O)O)CCN(CC(=O)O)CCN([C@H](CO)[C@H](O)CO)CC1. The van der Waals surface area contributed by atoms with Crippen LogP contribution in [-0.2, 0) is 19.1 Å². The van der Waals surface area contributed by atoms with Crippen LogP contribution in [0.25, 0.3) is 0 Å². The summed E-state index contributed by atoms with van der Waals surface area (Å²) in [5.74, 6) is -2.45. The molecule has 5 N–H and O–H groups in total. The van der Waals surface area contributed by atoms with Gasteiger partial charge in [0.1, 0.15) is 5.60 Å². The van der Waals surface area contributed by atoms with Crippen molar-refractivity contribution in [3.8, 4) is 0 Å². The van der Waals surface area contributed by atoms with E-state index in [4.69, 9.17) is 4.74 Å². The van der Waals surface area contributed by atoms with Crippen molar-refractivity contribution in [2.24, 2.45) is 0 Å². The zero-order valence-corrected chi connectivity index (χ0v) is 21.0. The lowest BCUT2D eigenvalue weighted by Crippen LogP contribution is -2.54. The van der Waals surface area contributed by atoms with E-state index in [2.05, 4.69) is 0 Å². The minimum absolute atomic E-state index is 0.0243. The molecule has 0 aromatic rings. The second-order valence-corrected chi connectivity index (χ2v) is 9.74. The number of nitrogens with zero attached hydrogens (tertiary/aromatic N) is 4. The predicted molar refractivity (Wildman–Crippen MR) is 126 cm³/mol. The lowest BCUT2D eigenvalue weighted by atomic mass is 10.1. The van der Waals surface area contributed by atoms with E-state index in [0.29, 0.717) is 39.3 Å². The Morgan fingerprint density at radius 1 is 0.743 bits per heavy atom. The van der Waals surface area contributed by atoms with E-state index >= 15 is 0 Å². The maximum absolute atomic E-state index is 12.5. The molecule has 1 fully saturated rings. The van der Waals surface area contributed by atoms with Crippen LogP contribution in [0.4, 0.5) is 0 Å². The van der Waals surface area contributed by atoms with Crippen LogP contribution in [0.3, 0.4) is 0 Å². The Labute approximate surface area is 206 Å². The van der Waals surface area contributed by atoms with Gasteiger partial charge in [0.15, 0.2) is 0 Å². The van der Waals surface area contributed by atoms with Crippen LogP contribution in [0.1, 0.15) is 20.8 Å². The van der Waals surface area contributed by atoms with Crippen LogP contribution in [0, 0.1) is 0 Å². The summed E-state index contributed by atoms with van der Waals surface area (Å²) >= 11 is 0. The van der Waals surface area contributed by atoms with E-state index in [1.54, 1.807) is 35.5 Å². The maximum Gasteiger partial charge on any atom is 0.320 e. The number of aliphatic carboxylic acids is 2. The molecule has 13 heteroatoms. The molecule has 1 saturated heterocycles. The van der Waals surface area contributed by atoms with Crippen molar-refractivity contribution in [1.82, 2.24) is 19.6 Å². The second-order valence-electron chi connectivity index (χ2n) is 9.74. The number of rotatable bonds is 10. The van der Waals surface area contributed by atoms with Gasteiger partial charge >= 0.3 is 17.9 Å². The number of carbonyl (C=O) groups excluding carboxylic acids is 1. The molecule has 1 rings (SSSR count). The fourth-order valence-corrected chi connectivity index (χ4v) is 3.90. The van der Waals surface area contributed by atoms with Crippen molar-refractivity contribution in [2.75, 3.05) is 85.2 Å². The number of hydrogen-bond donors (Lipinski definition) is 5. The molecule has 0 radical (unpaired) electrons. The van der Waals surface area contributed by atoms with Gasteiger partial charge in [-0.2, -0.15) is 0 Å². The maximum atomic E-state index is 12.5. The summed E-state index contributed by atoms with van der Waals surface area (Å²) < 4.78 is 5.43. The van der Waals surface area contributed by atoms with Gasteiger partial charge in [0.2, 0.25) is 0 Å². The standard InChI is InChI=1S/C22H42N4O9/c1-22(2,3)35-21(34)14-25-7-6-23(12-19(30)31)4-5-24(13-20(32)33)8-10-26(11-9-25)17(15-27)18(29)16-28/h17-18,27-29H,4-16H2,1-3H3,(H,30,31)(H,32,33)/t17-,18-/m1/s1. The quantitative estimate of drug-likeness (QED) is 0.196. The molecule has 0 aromatic carbocycles. The van der Waals surface area contributed by atoms with Crippen LogP contribution in [0.15, 0.2) is 0 Å². The van der Waals surface area contributed by atoms with E-state index in [-0.39, 0.29) is 32.7 Å². The summed E-state index contributed by atoms with van der Waals surface area (Å²) in [6.45, 7) is 6.36. The van der Waals surface area contributed by atoms with Crippen molar-refractivity contribution in [2.45, 2.75) is 38.5 Å². The van der Waals surface area contributed by atoms with Gasteiger partial charge < -0.3 is 30.3 Å². The third-order valence-corrected chi connectivity index (χ3v) is 5.65. The zero-order valence-electron chi connectivity index (χ0n) is 21.0. The summed E-state index contributed by atoms with van der Waals surface area (Å²) in [5.41, 5.74) is -0.661. The largest absolute Gasteiger partial charge is 0.480 e. The molecular weight excluding hydrogens is 464 g/mol. The topological polar surface area (TPSA) is 175 Å². The van der Waals surface area contributed by atoms with Gasteiger partial charge in [-0.15, -0.1) is 0 Å². The average Bonchev–Trinajstić information content (AvgIpc) is 2.73. The van der Waals surface area contributed by atoms with Crippen LogP contribution < -0.4 is 0 Å². The highest BCUT2D eigenvalue weighted by Crippen LogP contribution is 2.10. The number of esters is 1. The smallest absolute Gasteiger partial charge is 0.320 e. The van der Waals surface area contributed by atoms with Crippen LogP contribution >= 0.6 is 0 Å². The molecular formula is C22H42N4O9. The van der Waals surface area contributed by atoms with Gasteiger partial charge in [-0.25, -0.2) is 0 Å². The van der Waals surface area contributed by atoms with Gasteiger partial charge in [-0.3, -0.25) is 34.0 Å². The first-order chi connectivity index (χ1) is 16.3. The molecule has 0 aliphatic carbocycles. The molecule has 1 heterocycles. The van der Waals surface area contributed by atoms with E-state index < -0.39 is 48.9 Å². The van der Waals surface area contributed by atoms with Crippen molar-refractivity contribution in [1.29, 1.82) is 0 Å². The third-order valence-electron chi connectivity index (χ3n) is 5.65. The van der Waals surface area contributed by atoms with Crippen molar-refractivity contribution < 1.29 is 44.7 Å². The molecule has 35 heavy (non-hydrogen) atoms. The first-order valence-electron chi connectivity index (χ1n) is 11.8. The van der Waals surface area contributed by atoms with Crippen molar-refractivity contribution in [3.63, 3.8) is 0 Å². The Bertz CT molecular complexity index is 674. The number of ether oxygens (including phenoxy) is 1. The van der Waals surface area contributed by atoms with Gasteiger partial charge in [0.05, 0.1) is 45.0 Å². The Kier molecular flexibility index (Phi) is 13.6. The highest BCUT2D eigenvalue weighted by atomic mass is 16.6. The molecule has 2 atom stereocenters. The molecule has 0 spiro atoms. The minimum atomic E-state index is -1.20. The number of hydrogen-bond acceptors (Lipinski definition) is 11. The molecule has 0 amide bonds. The van der Waals surface area contributed by atoms with Gasteiger partial charge in [-0.1, -0.05) is 0 Å². The summed E-state index contributed by atoms with van der Waals surface area (Å²) in [4.78, 5) is 42.1. The molecule has 0 unspecified atom stereocenters. The highest BCUT2D eigenvalue weighted by Gasteiger charge is 2.28. The Morgan fingerprint density at radius 3 is 1.49 bits per heavy atom. The van der Waals surface area contributed by atoms with Crippen molar-refractivity contribution >= 4 is 17.9 Å². The summed E-state index contributed by atoms with van der Waals surface area (Å²) in [5, 5.41) is 48.1. The van der Waals surface area contributed by atoms with Crippen molar-refractivity contribution in [3.05, 3.63) is 0 Å². The number of aliphatic hydroxyl groups excluding tert-OH is 3. The Balaban J connectivity index is 3.12. The molecule has 0 saturated carbocycles. The van der Waals surface area contributed by atoms with Gasteiger partial charge in [-0.05, 0) is 20.8 Å². The van der Waals surface area contributed by atoms with E-state index in [1.165, 1.54) is 0 Å². The van der Waals surface area contributed by atoms with Crippen LogP contribution in [0.2, 0.25) is 0 Å². The third kappa shape index (κ3) is 13.1. The number of carboxylic acids is 2. The summed E-state index contributed by atoms with van der Waals surface area (Å²) in [7, 11) is 0. The first-order valence-corrected chi connectivity index (χ1v) is 11.8. The fourth-order valence-electron chi connectivity index (χ4n) is 3.90. The molecule has 13 nitrogen and oxygen atoms in total. The molecule has 0 aromatic heterocycles. The monoisotopic (exact) mass is 506 g/mol. The Hall–Kier alpha value is -1.87. The van der Waals surface area contributed by atoms with Crippen LogP contribution in [0.5, 0.6) is 0 Å². The number of carbonyl (C=O) groups is 3. The molecule has 1 aliphatic rings. The summed E-state index contributed by atoms with van der Waals surface area (Å²) in [6.07, 6.45) is -1.20. The van der Waals surface area contributed by atoms with Gasteiger partial charge in [0, 0.05) is 52.4 Å². The number of carboxylic acid groups (broad SMARTS) is 2. The average molecular weight is 507 g/mol. The summed E-state index contributed by atoms with van der Waals surface area (Å²) in [6, 6.07) is -0.776. The predicted octanol–water partition coefficient (Wildman–Crippen LogP) is -2.57. The highest BCUT2D eigenvalue weighted by molar-refractivity contribution is 5.72. The van der Waals surface area contributed by atoms with E-state index in [9.17, 15) is 39.9 Å². The molecule has 204 valence electrons. The van der Waals surface area contributed by atoms with E-state index in [0.717, 1.165) is 0 Å². The van der Waals surface area contributed by atoms with Crippen LogP contribution in [-0.4, -0.2) is 166 Å². The number of aliphatic hydroxyl groups is 3. The van der Waals surface area contributed by atoms with Gasteiger partial charge in [0.25, 0.3) is 0 Å². The lowest BCUT2D eigenvalue weighted by Gasteiger charge is -2.37. The lowest BCUT2D eigenvalue weighted by molar-refractivity contribution is -0.156. The Morgan fingerprint density at radius 2 is 1.14 bits per heavy atom. The fraction of sp³-hybridized carbons (Fsp3) is 0.864. The van der Waals surface area contributed by atoms with E-state index in [1.807, 2.05) is 4.90 Å². The zero-order chi connectivity index (χ0) is 26.6. The first kappa shape index (κ1) is 31.2. The molecule has 1 aliphatic heterocycles. The molecule has 0 bridgehead atoms. The minimum Gasteiger partial charge on any atom is -0.480 e. The normalized spacial score (nSPS) is 20.4. The second kappa shape index (κ2) is 15.3.